The van der Waals surface area contributed by atoms with Crippen molar-refractivity contribution in [3.63, 3.8) is 0 Å². The highest BCUT2D eigenvalue weighted by molar-refractivity contribution is 5.95. The third kappa shape index (κ3) is 3.28. The molecule has 2 aromatic carbocycles. The molecule has 3 heterocycles. The molecule has 0 aliphatic carbocycles. The minimum absolute atomic E-state index is 0.0764. The second-order valence-corrected chi connectivity index (χ2v) is 8.94. The quantitative estimate of drug-likeness (QED) is 0.560. The monoisotopic (exact) mass is 386 g/mol. The molecule has 6 nitrogen and oxygen atoms in total. The zero-order valence-electron chi connectivity index (χ0n) is 17.1. The van der Waals surface area contributed by atoms with E-state index in [2.05, 4.69) is 84.3 Å². The first-order chi connectivity index (χ1) is 14.0. The second kappa shape index (κ2) is 6.90. The molecule has 1 saturated heterocycles. The normalized spacial score (nSPS) is 20.0. The zero-order valence-corrected chi connectivity index (χ0v) is 17.1. The van der Waals surface area contributed by atoms with Crippen LogP contribution < -0.4 is 10.9 Å². The van der Waals surface area contributed by atoms with Gasteiger partial charge in [-0.25, -0.2) is 5.43 Å². The predicted molar refractivity (Wildman–Crippen MR) is 114 cm³/mol. The van der Waals surface area contributed by atoms with Crippen LogP contribution in [0.3, 0.4) is 0 Å². The maximum atomic E-state index is 5.01. The Kier molecular flexibility index (Phi) is 4.33. The summed E-state index contributed by atoms with van der Waals surface area (Å²) in [6.07, 6.45) is 1.72. The summed E-state index contributed by atoms with van der Waals surface area (Å²) in [4.78, 5) is 0. The fourth-order valence-corrected chi connectivity index (χ4v) is 4.09. The number of nitrogens with zero attached hydrogens (tertiary/aromatic N) is 4. The van der Waals surface area contributed by atoms with Gasteiger partial charge in [0.05, 0.1) is 11.7 Å². The van der Waals surface area contributed by atoms with Gasteiger partial charge in [0.15, 0.2) is 11.5 Å². The number of hydrazine groups is 1. The van der Waals surface area contributed by atoms with Gasteiger partial charge in [-0.15, -0.1) is 10.2 Å². The number of benzene rings is 2. The molecule has 0 amide bonds. The van der Waals surface area contributed by atoms with Crippen LogP contribution in [0.4, 0.5) is 0 Å². The van der Waals surface area contributed by atoms with E-state index in [0.29, 0.717) is 6.04 Å². The Balaban J connectivity index is 1.61. The average molecular weight is 387 g/mol. The van der Waals surface area contributed by atoms with Crippen molar-refractivity contribution in [3.8, 4) is 0 Å². The molecule has 2 aromatic heterocycles. The molecule has 0 saturated carbocycles. The third-order valence-corrected chi connectivity index (χ3v) is 5.84. The van der Waals surface area contributed by atoms with Crippen LogP contribution in [-0.4, -0.2) is 25.9 Å². The Morgan fingerprint density at radius 2 is 1.66 bits per heavy atom. The number of fused-ring (bicyclic) bond motifs is 3. The Hall–Kier alpha value is -2.83. The summed E-state index contributed by atoms with van der Waals surface area (Å²) in [7, 11) is 0. The molecular weight excluding hydrogens is 360 g/mol. The predicted octanol–water partition coefficient (Wildman–Crippen LogP) is 3.82. The molecule has 4 aromatic rings. The van der Waals surface area contributed by atoms with Crippen LogP contribution in [0.5, 0.6) is 0 Å². The van der Waals surface area contributed by atoms with Crippen molar-refractivity contribution in [3.05, 3.63) is 71.7 Å². The molecule has 5 rings (SSSR count). The summed E-state index contributed by atoms with van der Waals surface area (Å²) in [5.41, 5.74) is 10.1. The number of rotatable bonds is 3. The summed E-state index contributed by atoms with van der Waals surface area (Å²) < 4.78 is 1.94. The lowest BCUT2D eigenvalue weighted by molar-refractivity contribution is 0.285. The van der Waals surface area contributed by atoms with Crippen LogP contribution in [0, 0.1) is 5.41 Å². The third-order valence-electron chi connectivity index (χ3n) is 5.84. The highest BCUT2D eigenvalue weighted by Crippen LogP contribution is 2.32. The lowest BCUT2D eigenvalue weighted by Crippen LogP contribution is -2.39. The molecule has 0 radical (unpaired) electrons. The lowest BCUT2D eigenvalue weighted by Gasteiger charge is -2.25. The van der Waals surface area contributed by atoms with Crippen molar-refractivity contribution >= 4 is 16.4 Å². The van der Waals surface area contributed by atoms with Gasteiger partial charge in [0.2, 0.25) is 0 Å². The first-order valence-corrected chi connectivity index (χ1v) is 10.2. The van der Waals surface area contributed by atoms with Crippen molar-refractivity contribution in [1.29, 1.82) is 0 Å². The van der Waals surface area contributed by atoms with Crippen LogP contribution in [-0.2, 0) is 6.42 Å². The van der Waals surface area contributed by atoms with Crippen LogP contribution in [0.1, 0.15) is 50.3 Å². The molecular formula is C23H26N6. The first-order valence-electron chi connectivity index (χ1n) is 10.2. The standard InChI is InChI=1S/C23H26N6/c1-23(2,3)20-14-19(24-25-20)22-27-26-21-17-12-8-7-11-16(17)18(28-29(21)22)13-15-9-5-4-6-10-15/h4-12,19-20,24-25H,13-14H2,1-3H3. The number of hydrogen-bond donors (Lipinski definition) is 2. The Labute approximate surface area is 170 Å². The van der Waals surface area contributed by atoms with Crippen LogP contribution in [0.25, 0.3) is 16.4 Å². The van der Waals surface area contributed by atoms with E-state index in [1.807, 2.05) is 16.6 Å². The minimum Gasteiger partial charge on any atom is -0.253 e. The summed E-state index contributed by atoms with van der Waals surface area (Å²) in [5.74, 6) is 0.860. The maximum Gasteiger partial charge on any atom is 0.185 e. The van der Waals surface area contributed by atoms with E-state index in [0.717, 1.165) is 40.8 Å². The number of hydrogen-bond acceptors (Lipinski definition) is 5. The fraction of sp³-hybridized carbons (Fsp3) is 0.348. The SMILES string of the molecule is CC(C)(C)C1CC(c2nnc3c4ccccc4c(Cc4ccccc4)nn23)NN1. The smallest absolute Gasteiger partial charge is 0.185 e. The lowest BCUT2D eigenvalue weighted by atomic mass is 9.84. The van der Waals surface area contributed by atoms with Gasteiger partial charge in [0.1, 0.15) is 0 Å². The molecule has 1 aliphatic rings. The Morgan fingerprint density at radius 3 is 2.38 bits per heavy atom. The summed E-state index contributed by atoms with van der Waals surface area (Å²) in [6, 6.07) is 19.3. The Morgan fingerprint density at radius 1 is 0.931 bits per heavy atom. The van der Waals surface area contributed by atoms with Gasteiger partial charge in [0.25, 0.3) is 0 Å². The van der Waals surface area contributed by atoms with Crippen LogP contribution in [0.15, 0.2) is 54.6 Å². The van der Waals surface area contributed by atoms with Gasteiger partial charge in [-0.1, -0.05) is 75.4 Å². The molecule has 1 fully saturated rings. The van der Waals surface area contributed by atoms with E-state index in [-0.39, 0.29) is 11.5 Å². The van der Waals surface area contributed by atoms with E-state index >= 15 is 0 Å². The molecule has 2 N–H and O–H groups in total. The van der Waals surface area contributed by atoms with Gasteiger partial charge >= 0.3 is 0 Å². The molecule has 1 aliphatic heterocycles. The zero-order chi connectivity index (χ0) is 20.0. The molecule has 0 bridgehead atoms. The molecule has 2 atom stereocenters. The van der Waals surface area contributed by atoms with Gasteiger partial charge in [-0.05, 0) is 17.4 Å². The summed E-state index contributed by atoms with van der Waals surface area (Å²) in [5, 5.41) is 16.3. The van der Waals surface area contributed by atoms with Crippen molar-refractivity contribution in [2.24, 2.45) is 5.41 Å². The van der Waals surface area contributed by atoms with E-state index in [4.69, 9.17) is 5.10 Å². The van der Waals surface area contributed by atoms with Crippen molar-refractivity contribution < 1.29 is 0 Å². The summed E-state index contributed by atoms with van der Waals surface area (Å²) >= 11 is 0. The van der Waals surface area contributed by atoms with Crippen LogP contribution in [0.2, 0.25) is 0 Å². The van der Waals surface area contributed by atoms with Gasteiger partial charge in [0, 0.05) is 23.2 Å². The van der Waals surface area contributed by atoms with Crippen molar-refractivity contribution in [1.82, 2.24) is 30.7 Å². The molecule has 148 valence electrons. The van der Waals surface area contributed by atoms with Gasteiger partial charge < -0.3 is 0 Å². The summed E-state index contributed by atoms with van der Waals surface area (Å²) in [6.45, 7) is 6.75. The Bertz CT molecular complexity index is 1160. The molecule has 29 heavy (non-hydrogen) atoms. The highest BCUT2D eigenvalue weighted by Gasteiger charge is 2.35. The van der Waals surface area contributed by atoms with E-state index in [9.17, 15) is 0 Å². The van der Waals surface area contributed by atoms with Crippen molar-refractivity contribution in [2.45, 2.75) is 45.7 Å². The van der Waals surface area contributed by atoms with E-state index in [1.54, 1.807) is 0 Å². The van der Waals surface area contributed by atoms with Crippen LogP contribution >= 0.6 is 0 Å². The van der Waals surface area contributed by atoms with Crippen molar-refractivity contribution in [2.75, 3.05) is 0 Å². The average Bonchev–Trinajstić information content (AvgIpc) is 3.36. The van der Waals surface area contributed by atoms with E-state index < -0.39 is 0 Å². The molecule has 0 spiro atoms. The number of aromatic nitrogens is 4. The molecule has 6 heteroatoms. The second-order valence-electron chi connectivity index (χ2n) is 8.94. The number of nitrogens with one attached hydrogen (secondary N) is 2. The minimum atomic E-state index is 0.0764. The van der Waals surface area contributed by atoms with Gasteiger partial charge in [-0.2, -0.15) is 9.61 Å². The van der Waals surface area contributed by atoms with E-state index in [1.165, 1.54) is 5.56 Å². The highest BCUT2D eigenvalue weighted by atomic mass is 15.5. The first kappa shape index (κ1) is 18.2. The fourth-order valence-electron chi connectivity index (χ4n) is 4.09. The topological polar surface area (TPSA) is 67.1 Å². The van der Waals surface area contributed by atoms with Gasteiger partial charge in [-0.3, -0.25) is 5.43 Å². The maximum absolute atomic E-state index is 5.01. The largest absolute Gasteiger partial charge is 0.253 e. The molecule has 2 unspecified atom stereocenters.